The van der Waals surface area contributed by atoms with Crippen LogP contribution in [0.15, 0.2) is 18.3 Å². The first-order valence-corrected chi connectivity index (χ1v) is 12.9. The number of hydrogen-bond acceptors (Lipinski definition) is 6. The molecule has 2 fully saturated rings. The second kappa shape index (κ2) is 16.2. The van der Waals surface area contributed by atoms with E-state index in [9.17, 15) is 31.1 Å². The first kappa shape index (κ1) is 34.9. The summed E-state index contributed by atoms with van der Waals surface area (Å²) in [6, 6.07) is 3.25. The summed E-state index contributed by atoms with van der Waals surface area (Å²) < 4.78 is 63.5. The molecule has 15 heteroatoms. The third-order valence-electron chi connectivity index (χ3n) is 6.91. The second-order valence-electron chi connectivity index (χ2n) is 9.81. The number of alkyl halides is 6. The number of halogens is 6. The number of pyridine rings is 1. The van der Waals surface area contributed by atoms with Gasteiger partial charge in [0.1, 0.15) is 5.82 Å². The van der Waals surface area contributed by atoms with Crippen LogP contribution in [0.4, 0.5) is 32.2 Å². The molecule has 2 aliphatic carbocycles. The first-order valence-electron chi connectivity index (χ1n) is 12.9. The van der Waals surface area contributed by atoms with Gasteiger partial charge < -0.3 is 27.0 Å². The van der Waals surface area contributed by atoms with E-state index in [1.807, 2.05) is 6.07 Å². The SMILES string of the molecule is Nc1ccc(CNC(=O)[C@H](N)C(C2CCCCC2)C2CCCCC2)cn1.O=C(O)C(F)(F)F.O=C(O)C(F)(F)F. The highest BCUT2D eigenvalue weighted by Crippen LogP contribution is 2.41. The fraction of sp³-hybridized carbons (Fsp3) is 0.680. The highest BCUT2D eigenvalue weighted by Gasteiger charge is 2.39. The molecule has 9 nitrogen and oxygen atoms in total. The molecule has 0 spiro atoms. The number of amides is 1. The van der Waals surface area contributed by atoms with Gasteiger partial charge in [0.15, 0.2) is 0 Å². The third kappa shape index (κ3) is 12.8. The Morgan fingerprint density at radius 3 is 1.57 bits per heavy atom. The van der Waals surface area contributed by atoms with Crippen molar-refractivity contribution in [1.82, 2.24) is 10.3 Å². The predicted molar refractivity (Wildman–Crippen MR) is 132 cm³/mol. The lowest BCUT2D eigenvalue weighted by atomic mass is 9.66. The standard InChI is InChI=1S/C21H34N4O.2C2HF3O2/c22-18-12-11-15(13-24-18)14-25-21(26)20(23)19(16-7-3-1-4-8-16)17-9-5-2-6-10-17;2*3-2(4,5)1(6)7/h11-13,16-17,19-20H,1-10,14,23H2,(H2,22,24)(H,25,26);2*(H,6,7)/t20-;;/m1../s1. The molecule has 0 bridgehead atoms. The monoisotopic (exact) mass is 586 g/mol. The number of nitrogens with two attached hydrogens (primary N) is 2. The lowest BCUT2D eigenvalue weighted by Gasteiger charge is -2.40. The zero-order valence-electron chi connectivity index (χ0n) is 21.8. The Morgan fingerprint density at radius 1 is 0.850 bits per heavy atom. The van der Waals surface area contributed by atoms with Crippen LogP contribution in [0.5, 0.6) is 0 Å². The summed E-state index contributed by atoms with van der Waals surface area (Å²) in [4.78, 5) is 34.7. The molecule has 1 heterocycles. The smallest absolute Gasteiger partial charge is 0.475 e. The predicted octanol–water partition coefficient (Wildman–Crippen LogP) is 4.65. The Kier molecular flexibility index (Phi) is 14.2. The number of carbonyl (C=O) groups is 3. The number of hydrogen-bond donors (Lipinski definition) is 5. The summed E-state index contributed by atoms with van der Waals surface area (Å²) >= 11 is 0. The zero-order chi connectivity index (χ0) is 30.5. The number of aliphatic carboxylic acids is 2. The molecule has 1 aromatic rings. The molecule has 1 atom stereocenters. The third-order valence-corrected chi connectivity index (χ3v) is 6.91. The van der Waals surface area contributed by atoms with Crippen LogP contribution < -0.4 is 16.8 Å². The van der Waals surface area contributed by atoms with Gasteiger partial charge in [-0.3, -0.25) is 4.79 Å². The largest absolute Gasteiger partial charge is 0.490 e. The number of carboxylic acid groups (broad SMARTS) is 2. The van der Waals surface area contributed by atoms with Gasteiger partial charge in [0.25, 0.3) is 0 Å². The van der Waals surface area contributed by atoms with Crippen molar-refractivity contribution in [2.24, 2.45) is 23.5 Å². The Balaban J connectivity index is 0.000000473. The minimum atomic E-state index is -5.08. The Bertz CT molecular complexity index is 889. The summed E-state index contributed by atoms with van der Waals surface area (Å²) in [5.41, 5.74) is 13.1. The first-order chi connectivity index (χ1) is 18.5. The average Bonchev–Trinajstić information content (AvgIpc) is 2.89. The van der Waals surface area contributed by atoms with Gasteiger partial charge >= 0.3 is 24.3 Å². The van der Waals surface area contributed by atoms with E-state index < -0.39 is 30.3 Å². The van der Waals surface area contributed by atoms with Gasteiger partial charge in [0.2, 0.25) is 5.91 Å². The number of rotatable bonds is 6. The van der Waals surface area contributed by atoms with E-state index in [2.05, 4.69) is 10.3 Å². The molecular formula is C25H36F6N4O5. The Labute approximate surface area is 227 Å². The Morgan fingerprint density at radius 2 is 1.25 bits per heavy atom. The van der Waals surface area contributed by atoms with Crippen molar-refractivity contribution in [3.8, 4) is 0 Å². The van der Waals surface area contributed by atoms with E-state index in [-0.39, 0.29) is 5.91 Å². The zero-order valence-corrected chi connectivity index (χ0v) is 21.8. The van der Waals surface area contributed by atoms with Crippen LogP contribution in [0.2, 0.25) is 0 Å². The van der Waals surface area contributed by atoms with Crippen molar-refractivity contribution in [1.29, 1.82) is 0 Å². The maximum absolute atomic E-state index is 12.8. The van der Waals surface area contributed by atoms with Gasteiger partial charge in [0.05, 0.1) is 6.04 Å². The second-order valence-corrected chi connectivity index (χ2v) is 9.81. The summed E-state index contributed by atoms with van der Waals surface area (Å²) in [6.45, 7) is 0.460. The van der Waals surface area contributed by atoms with E-state index in [0.29, 0.717) is 30.1 Å². The van der Waals surface area contributed by atoms with Crippen molar-refractivity contribution >= 4 is 23.7 Å². The van der Waals surface area contributed by atoms with E-state index >= 15 is 0 Å². The fourth-order valence-corrected chi connectivity index (χ4v) is 5.03. The number of carboxylic acids is 2. The molecule has 40 heavy (non-hydrogen) atoms. The van der Waals surface area contributed by atoms with Crippen LogP contribution in [0.1, 0.15) is 69.8 Å². The molecule has 7 N–H and O–H groups in total. The van der Waals surface area contributed by atoms with Crippen LogP contribution in [0, 0.1) is 17.8 Å². The van der Waals surface area contributed by atoms with E-state index in [0.717, 1.165) is 5.56 Å². The average molecular weight is 587 g/mol. The fourth-order valence-electron chi connectivity index (χ4n) is 5.03. The molecule has 0 unspecified atom stereocenters. The summed E-state index contributed by atoms with van der Waals surface area (Å²) in [5, 5.41) is 17.3. The molecule has 228 valence electrons. The van der Waals surface area contributed by atoms with Crippen molar-refractivity contribution < 1.29 is 50.9 Å². The van der Waals surface area contributed by atoms with Crippen LogP contribution in [-0.4, -0.2) is 51.4 Å². The normalized spacial score (nSPS) is 17.5. The Hall–Kier alpha value is -3.10. The number of aromatic nitrogens is 1. The molecule has 0 aromatic carbocycles. The summed E-state index contributed by atoms with van der Waals surface area (Å²) in [7, 11) is 0. The minimum Gasteiger partial charge on any atom is -0.475 e. The van der Waals surface area contributed by atoms with Crippen LogP contribution in [0.25, 0.3) is 0 Å². The molecule has 2 aliphatic rings. The van der Waals surface area contributed by atoms with Crippen molar-refractivity contribution in [2.75, 3.05) is 5.73 Å². The summed E-state index contributed by atoms with van der Waals surface area (Å²) in [5.74, 6) is -3.47. The molecule has 0 aliphatic heterocycles. The number of nitrogens with zero attached hydrogens (tertiary/aromatic N) is 1. The van der Waals surface area contributed by atoms with E-state index in [1.54, 1.807) is 12.3 Å². The highest BCUT2D eigenvalue weighted by molar-refractivity contribution is 5.81. The molecule has 2 saturated carbocycles. The molecule has 1 amide bonds. The molecule has 1 aromatic heterocycles. The van der Waals surface area contributed by atoms with Gasteiger partial charge in [0, 0.05) is 12.7 Å². The highest BCUT2D eigenvalue weighted by atomic mass is 19.4. The molecular weight excluding hydrogens is 550 g/mol. The van der Waals surface area contributed by atoms with Crippen LogP contribution >= 0.6 is 0 Å². The van der Waals surface area contributed by atoms with Crippen molar-refractivity contribution in [2.45, 2.75) is 89.1 Å². The van der Waals surface area contributed by atoms with Crippen LogP contribution in [0.3, 0.4) is 0 Å². The van der Waals surface area contributed by atoms with Crippen molar-refractivity contribution in [3.63, 3.8) is 0 Å². The minimum absolute atomic E-state index is 0.0111. The van der Waals surface area contributed by atoms with Gasteiger partial charge in [-0.25, -0.2) is 14.6 Å². The lowest BCUT2D eigenvalue weighted by molar-refractivity contribution is -0.193. The summed E-state index contributed by atoms with van der Waals surface area (Å²) in [6.07, 6.45) is 4.33. The van der Waals surface area contributed by atoms with Gasteiger partial charge in [-0.1, -0.05) is 70.3 Å². The maximum atomic E-state index is 12.8. The van der Waals surface area contributed by atoms with E-state index in [1.165, 1.54) is 64.2 Å². The number of carbonyl (C=O) groups excluding carboxylic acids is 1. The van der Waals surface area contributed by atoms with Gasteiger partial charge in [-0.05, 0) is 29.4 Å². The number of anilines is 1. The lowest BCUT2D eigenvalue weighted by Crippen LogP contribution is -2.50. The molecule has 3 rings (SSSR count). The number of nitrogen functional groups attached to an aromatic ring is 1. The topological polar surface area (TPSA) is 169 Å². The molecule has 0 radical (unpaired) electrons. The number of nitrogens with one attached hydrogen (secondary N) is 1. The maximum Gasteiger partial charge on any atom is 0.490 e. The van der Waals surface area contributed by atoms with Gasteiger partial charge in [-0.2, -0.15) is 26.3 Å². The van der Waals surface area contributed by atoms with E-state index in [4.69, 9.17) is 31.3 Å². The van der Waals surface area contributed by atoms with Gasteiger partial charge in [-0.15, -0.1) is 0 Å². The van der Waals surface area contributed by atoms with Crippen LogP contribution in [-0.2, 0) is 20.9 Å². The van der Waals surface area contributed by atoms with Crippen molar-refractivity contribution in [3.05, 3.63) is 23.9 Å². The quantitative estimate of drug-likeness (QED) is 0.300. The molecule has 0 saturated heterocycles.